The first-order valence-corrected chi connectivity index (χ1v) is 14.7. The van der Waals surface area contributed by atoms with Crippen LogP contribution < -0.4 is 15.5 Å². The number of benzene rings is 1. The Morgan fingerprint density at radius 3 is 2.62 bits per heavy atom. The average Bonchev–Trinajstić information content (AvgIpc) is 3.61. The maximum Gasteiger partial charge on any atom is 0.255 e. The number of hydrogen-bond acceptors (Lipinski definition) is 7. The minimum atomic E-state index is -0.608. The van der Waals surface area contributed by atoms with Gasteiger partial charge in [-0.2, -0.15) is 5.10 Å². The second-order valence-corrected chi connectivity index (χ2v) is 12.2. The molecule has 2 aliphatic carbocycles. The van der Waals surface area contributed by atoms with Crippen LogP contribution in [-0.2, 0) is 16.1 Å². The quantitative estimate of drug-likeness (QED) is 0.395. The highest BCUT2D eigenvalue weighted by Crippen LogP contribution is 2.48. The Morgan fingerprint density at radius 1 is 1.07 bits per heavy atom. The highest BCUT2D eigenvalue weighted by Gasteiger charge is 2.40. The summed E-state index contributed by atoms with van der Waals surface area (Å²) in [5.41, 5.74) is 5.45. The predicted octanol–water partition coefficient (Wildman–Crippen LogP) is 3.85. The molecule has 2 saturated carbocycles. The summed E-state index contributed by atoms with van der Waals surface area (Å²) in [4.78, 5) is 44.7. The van der Waals surface area contributed by atoms with Gasteiger partial charge >= 0.3 is 0 Å². The van der Waals surface area contributed by atoms with Crippen molar-refractivity contribution in [2.24, 2.45) is 5.92 Å². The van der Waals surface area contributed by atoms with E-state index in [0.717, 1.165) is 54.7 Å². The highest BCUT2D eigenvalue weighted by molar-refractivity contribution is 6.05. The number of rotatable bonds is 8. The van der Waals surface area contributed by atoms with Crippen molar-refractivity contribution in [1.82, 2.24) is 25.0 Å². The summed E-state index contributed by atoms with van der Waals surface area (Å²) in [5.74, 6) is 0.122. The summed E-state index contributed by atoms with van der Waals surface area (Å²) >= 11 is 0. The molecule has 1 aromatic carbocycles. The summed E-state index contributed by atoms with van der Waals surface area (Å²) in [7, 11) is 3.59. The molecule has 2 aliphatic heterocycles. The molecule has 0 bridgehead atoms. The normalized spacial score (nSPS) is 23.5. The third kappa shape index (κ3) is 4.70. The van der Waals surface area contributed by atoms with Crippen molar-refractivity contribution < 1.29 is 18.8 Å². The van der Waals surface area contributed by atoms with Crippen molar-refractivity contribution >= 4 is 29.2 Å². The van der Waals surface area contributed by atoms with Gasteiger partial charge in [0.15, 0.2) is 11.6 Å². The first-order valence-electron chi connectivity index (χ1n) is 14.7. The van der Waals surface area contributed by atoms with E-state index in [0.29, 0.717) is 42.2 Å². The van der Waals surface area contributed by atoms with Gasteiger partial charge in [0.25, 0.3) is 5.91 Å². The average molecular weight is 572 g/mol. The van der Waals surface area contributed by atoms with Crippen LogP contribution in [0.4, 0.5) is 15.9 Å². The second kappa shape index (κ2) is 10.2. The molecule has 7 rings (SSSR count). The van der Waals surface area contributed by atoms with Crippen LogP contribution in [-0.4, -0.2) is 64.1 Å². The molecule has 0 spiro atoms. The van der Waals surface area contributed by atoms with Crippen LogP contribution in [0.3, 0.4) is 0 Å². The number of imide groups is 1. The molecule has 3 aromatic rings. The van der Waals surface area contributed by atoms with Gasteiger partial charge in [0.2, 0.25) is 11.8 Å². The van der Waals surface area contributed by atoms with Gasteiger partial charge in [-0.1, -0.05) is 0 Å². The molecule has 4 aliphatic rings. The number of hydrogen-bond donors (Lipinski definition) is 2. The van der Waals surface area contributed by atoms with Crippen LogP contribution in [0.1, 0.15) is 72.1 Å². The van der Waals surface area contributed by atoms with Gasteiger partial charge in [0.1, 0.15) is 6.04 Å². The largest absolute Gasteiger partial charge is 0.385 e. The maximum atomic E-state index is 14.3. The van der Waals surface area contributed by atoms with Crippen LogP contribution in [0, 0.1) is 11.7 Å². The number of nitrogens with zero attached hydrogens (tertiary/aromatic N) is 5. The van der Waals surface area contributed by atoms with Gasteiger partial charge in [0, 0.05) is 56.3 Å². The van der Waals surface area contributed by atoms with Gasteiger partial charge in [-0.05, 0) is 73.9 Å². The highest BCUT2D eigenvalue weighted by atomic mass is 19.1. The van der Waals surface area contributed by atoms with Crippen molar-refractivity contribution in [3.05, 3.63) is 59.2 Å². The molecule has 1 saturated heterocycles. The lowest BCUT2D eigenvalue weighted by atomic mass is 9.80. The van der Waals surface area contributed by atoms with Crippen molar-refractivity contribution in [1.29, 1.82) is 0 Å². The molecule has 11 heteroatoms. The second-order valence-electron chi connectivity index (χ2n) is 12.2. The Morgan fingerprint density at radius 2 is 1.88 bits per heavy atom. The number of pyridine rings is 1. The van der Waals surface area contributed by atoms with Gasteiger partial charge in [-0.25, -0.2) is 9.37 Å². The monoisotopic (exact) mass is 571 g/mol. The van der Waals surface area contributed by atoms with E-state index in [1.165, 1.54) is 11.8 Å². The molecular weight excluding hydrogens is 537 g/mol. The Balaban J connectivity index is 0.987. The first kappa shape index (κ1) is 26.6. The SMILES string of the molecule is CN(C)c1nc(-c2cnn([C@H]3C[C@H](CNc4ccc5c(c4)CN(C4CCC(=O)NC4=O)C5=O)C3)c2C2CC2)ccc1F. The van der Waals surface area contributed by atoms with E-state index >= 15 is 0 Å². The predicted molar refractivity (Wildman–Crippen MR) is 154 cm³/mol. The minimum Gasteiger partial charge on any atom is -0.385 e. The minimum absolute atomic E-state index is 0.160. The van der Waals surface area contributed by atoms with Crippen LogP contribution in [0.25, 0.3) is 11.3 Å². The lowest BCUT2D eigenvalue weighted by molar-refractivity contribution is -0.136. The van der Waals surface area contributed by atoms with E-state index in [1.54, 1.807) is 30.0 Å². The van der Waals surface area contributed by atoms with Crippen molar-refractivity contribution in [3.8, 4) is 11.3 Å². The van der Waals surface area contributed by atoms with Gasteiger partial charge in [0.05, 0.1) is 23.6 Å². The third-order valence-corrected chi connectivity index (χ3v) is 9.00. The number of anilines is 2. The van der Waals surface area contributed by atoms with Crippen LogP contribution >= 0.6 is 0 Å². The molecule has 42 heavy (non-hydrogen) atoms. The number of amides is 3. The topological polar surface area (TPSA) is 112 Å². The summed E-state index contributed by atoms with van der Waals surface area (Å²) in [5, 5.41) is 10.7. The Hall–Kier alpha value is -4.28. The summed E-state index contributed by atoms with van der Waals surface area (Å²) in [6, 6.07) is 8.70. The van der Waals surface area contributed by atoms with E-state index in [4.69, 9.17) is 5.10 Å². The maximum absolute atomic E-state index is 14.3. The number of fused-ring (bicyclic) bond motifs is 1. The van der Waals surface area contributed by atoms with Gasteiger partial charge < -0.3 is 15.1 Å². The van der Waals surface area contributed by atoms with E-state index in [1.807, 2.05) is 24.4 Å². The summed E-state index contributed by atoms with van der Waals surface area (Å²) < 4.78 is 16.5. The van der Waals surface area contributed by atoms with Crippen molar-refractivity contribution in [3.63, 3.8) is 0 Å². The van der Waals surface area contributed by atoms with Gasteiger partial charge in [-0.15, -0.1) is 0 Å². The number of aromatic nitrogens is 3. The molecule has 1 atom stereocenters. The summed E-state index contributed by atoms with van der Waals surface area (Å²) in [6.45, 7) is 1.19. The Bertz CT molecular complexity index is 1590. The van der Waals surface area contributed by atoms with Crippen LogP contribution in [0.2, 0.25) is 0 Å². The zero-order valence-electron chi connectivity index (χ0n) is 23.8. The van der Waals surface area contributed by atoms with Crippen molar-refractivity contribution in [2.45, 2.75) is 63.1 Å². The standard InChI is InChI=1S/C31H34FN7O3/c1-37(2)29-24(32)7-8-25(35-29)23-15-34-39(28(23)18-3-4-18)21-11-17(12-21)14-33-20-5-6-22-19(13-20)16-38(31(22)42)26-9-10-27(40)36-30(26)41/h5-8,13,15,17-18,21,26,33H,3-4,9-12,14,16H2,1-2H3,(H,36,40,41)/t17-,21-,26?. The molecule has 2 aromatic heterocycles. The zero-order valence-corrected chi connectivity index (χ0v) is 23.8. The molecule has 218 valence electrons. The third-order valence-electron chi connectivity index (χ3n) is 9.00. The van der Waals surface area contributed by atoms with E-state index in [-0.39, 0.29) is 24.1 Å². The molecule has 10 nitrogen and oxygen atoms in total. The molecule has 3 amide bonds. The molecule has 4 heterocycles. The fourth-order valence-corrected chi connectivity index (χ4v) is 6.53. The number of piperidine rings is 1. The number of halogens is 1. The lowest BCUT2D eigenvalue weighted by Gasteiger charge is -2.37. The molecule has 1 unspecified atom stereocenters. The number of carbonyl (C=O) groups excluding carboxylic acids is 3. The molecular formula is C31H34FN7O3. The number of nitrogens with one attached hydrogen (secondary N) is 2. The molecule has 2 N–H and O–H groups in total. The molecule has 0 radical (unpaired) electrons. The van der Waals surface area contributed by atoms with Crippen LogP contribution in [0.5, 0.6) is 0 Å². The van der Waals surface area contributed by atoms with E-state index in [9.17, 15) is 18.8 Å². The first-order chi connectivity index (χ1) is 20.3. The Kier molecular flexibility index (Phi) is 6.47. The zero-order chi connectivity index (χ0) is 29.1. The van der Waals surface area contributed by atoms with E-state index < -0.39 is 11.9 Å². The molecule has 3 fully saturated rings. The fraction of sp³-hybridized carbons (Fsp3) is 0.452. The van der Waals surface area contributed by atoms with Crippen molar-refractivity contribution in [2.75, 3.05) is 30.9 Å². The number of carbonyl (C=O) groups is 3. The Labute approximate surface area is 243 Å². The van der Waals surface area contributed by atoms with Gasteiger partial charge in [-0.3, -0.25) is 24.4 Å². The smallest absolute Gasteiger partial charge is 0.255 e. The van der Waals surface area contributed by atoms with Crippen LogP contribution in [0.15, 0.2) is 36.5 Å². The van der Waals surface area contributed by atoms with E-state index in [2.05, 4.69) is 20.3 Å². The summed E-state index contributed by atoms with van der Waals surface area (Å²) in [6.07, 6.45) is 6.80. The lowest BCUT2D eigenvalue weighted by Crippen LogP contribution is -2.52. The fourth-order valence-electron chi connectivity index (χ4n) is 6.53.